The molecule has 0 saturated carbocycles. The third-order valence-corrected chi connectivity index (χ3v) is 3.07. The van der Waals surface area contributed by atoms with Crippen LogP contribution in [0.25, 0.3) is 0 Å². The summed E-state index contributed by atoms with van der Waals surface area (Å²) in [6, 6.07) is 6.36. The highest BCUT2D eigenvalue weighted by atomic mass is 19.3. The number of hydrogen-bond donors (Lipinski definition) is 0. The van der Waals surface area contributed by atoms with Gasteiger partial charge in [0.25, 0.3) is 5.92 Å². The standard InChI is InChI=1S/C13H13F2N/c14-13(15,7-8-16)12-6-5-10-3-1-2-4-11(10)9-12/h5-6,9H,1-4,7H2. The molecule has 2 rings (SSSR count). The molecule has 0 atom stereocenters. The maximum atomic E-state index is 13.5. The van der Waals surface area contributed by atoms with Crippen LogP contribution in [0.5, 0.6) is 0 Å². The number of nitriles is 1. The molecule has 0 bridgehead atoms. The molecule has 84 valence electrons. The molecule has 0 aromatic heterocycles. The first-order valence-corrected chi connectivity index (χ1v) is 5.50. The van der Waals surface area contributed by atoms with Crippen LogP contribution in [0.3, 0.4) is 0 Å². The lowest BCUT2D eigenvalue weighted by Gasteiger charge is -2.19. The van der Waals surface area contributed by atoms with Gasteiger partial charge in [0.05, 0.1) is 6.07 Å². The maximum Gasteiger partial charge on any atom is 0.286 e. The lowest BCUT2D eigenvalue weighted by atomic mass is 9.89. The molecule has 3 heteroatoms. The Kier molecular flexibility index (Phi) is 2.91. The number of rotatable bonds is 2. The van der Waals surface area contributed by atoms with Gasteiger partial charge in [-0.25, -0.2) is 8.78 Å². The molecular formula is C13H13F2N. The highest BCUT2D eigenvalue weighted by Gasteiger charge is 2.31. The molecule has 0 unspecified atom stereocenters. The van der Waals surface area contributed by atoms with Gasteiger partial charge in [-0.2, -0.15) is 5.26 Å². The Labute approximate surface area is 93.7 Å². The first kappa shape index (κ1) is 11.1. The molecule has 1 nitrogen and oxygen atoms in total. The molecule has 0 aliphatic heterocycles. The highest BCUT2D eigenvalue weighted by molar-refractivity contribution is 5.36. The van der Waals surface area contributed by atoms with E-state index in [9.17, 15) is 8.78 Å². The van der Waals surface area contributed by atoms with Crippen molar-refractivity contribution in [2.75, 3.05) is 0 Å². The van der Waals surface area contributed by atoms with E-state index in [4.69, 9.17) is 5.26 Å². The Morgan fingerprint density at radius 2 is 1.88 bits per heavy atom. The second-order valence-electron chi connectivity index (χ2n) is 4.23. The Hall–Kier alpha value is -1.43. The largest absolute Gasteiger partial charge is 0.286 e. The fraction of sp³-hybridized carbons (Fsp3) is 0.462. The molecule has 0 amide bonds. The van der Waals surface area contributed by atoms with Gasteiger partial charge < -0.3 is 0 Å². The quantitative estimate of drug-likeness (QED) is 0.748. The molecule has 0 saturated heterocycles. The van der Waals surface area contributed by atoms with Gasteiger partial charge in [0.15, 0.2) is 0 Å². The van der Waals surface area contributed by atoms with Crippen LogP contribution < -0.4 is 0 Å². The smallest absolute Gasteiger partial charge is 0.200 e. The van der Waals surface area contributed by atoms with E-state index in [1.165, 1.54) is 17.7 Å². The predicted octanol–water partition coefficient (Wildman–Crippen LogP) is 3.57. The Morgan fingerprint density at radius 1 is 1.19 bits per heavy atom. The minimum atomic E-state index is -3.01. The lowest BCUT2D eigenvalue weighted by Crippen LogP contribution is -2.14. The van der Waals surface area contributed by atoms with Crippen molar-refractivity contribution < 1.29 is 8.78 Å². The van der Waals surface area contributed by atoms with E-state index < -0.39 is 12.3 Å². The minimum absolute atomic E-state index is 0.0188. The molecule has 1 aromatic carbocycles. The summed E-state index contributed by atoms with van der Waals surface area (Å²) in [4.78, 5) is 0. The topological polar surface area (TPSA) is 23.8 Å². The normalized spacial score (nSPS) is 15.3. The van der Waals surface area contributed by atoms with Crippen LogP contribution >= 0.6 is 0 Å². The van der Waals surface area contributed by atoms with Gasteiger partial charge in [0, 0.05) is 5.56 Å². The van der Waals surface area contributed by atoms with Crippen LogP contribution in [0.4, 0.5) is 8.78 Å². The lowest BCUT2D eigenvalue weighted by molar-refractivity contribution is 0.000844. The van der Waals surface area contributed by atoms with E-state index in [1.807, 2.05) is 0 Å². The van der Waals surface area contributed by atoms with Crippen LogP contribution in [0.15, 0.2) is 18.2 Å². The van der Waals surface area contributed by atoms with Crippen LogP contribution in [0.2, 0.25) is 0 Å². The van der Waals surface area contributed by atoms with Gasteiger partial charge in [0.2, 0.25) is 0 Å². The number of hydrogen-bond acceptors (Lipinski definition) is 1. The Bertz CT molecular complexity index is 432. The summed E-state index contributed by atoms with van der Waals surface area (Å²) in [5.74, 6) is -3.01. The number of alkyl halides is 2. The van der Waals surface area contributed by atoms with E-state index in [1.54, 1.807) is 12.1 Å². The zero-order valence-corrected chi connectivity index (χ0v) is 8.97. The van der Waals surface area contributed by atoms with Crippen molar-refractivity contribution in [3.05, 3.63) is 34.9 Å². The molecule has 0 spiro atoms. The SMILES string of the molecule is N#CCC(F)(F)c1ccc2c(c1)CCCC2. The van der Waals surface area contributed by atoms with Crippen LogP contribution in [-0.2, 0) is 18.8 Å². The van der Waals surface area contributed by atoms with Crippen molar-refractivity contribution in [3.8, 4) is 6.07 Å². The second kappa shape index (κ2) is 4.21. The number of nitrogens with zero attached hydrogens (tertiary/aromatic N) is 1. The van der Waals surface area contributed by atoms with Crippen molar-refractivity contribution in [1.82, 2.24) is 0 Å². The van der Waals surface area contributed by atoms with Crippen molar-refractivity contribution in [1.29, 1.82) is 5.26 Å². The number of benzene rings is 1. The van der Waals surface area contributed by atoms with E-state index in [0.29, 0.717) is 0 Å². The van der Waals surface area contributed by atoms with Gasteiger partial charge in [0.1, 0.15) is 6.42 Å². The van der Waals surface area contributed by atoms with Crippen molar-refractivity contribution in [2.24, 2.45) is 0 Å². The third kappa shape index (κ3) is 2.06. The zero-order valence-electron chi connectivity index (χ0n) is 8.97. The summed E-state index contributed by atoms with van der Waals surface area (Å²) in [5.41, 5.74) is 2.19. The monoisotopic (exact) mass is 221 g/mol. The molecule has 0 radical (unpaired) electrons. The van der Waals surface area contributed by atoms with Crippen LogP contribution in [0.1, 0.15) is 36.0 Å². The minimum Gasteiger partial charge on any atom is -0.200 e. The van der Waals surface area contributed by atoms with Crippen molar-refractivity contribution in [3.63, 3.8) is 0 Å². The molecule has 1 aliphatic carbocycles. The predicted molar refractivity (Wildman–Crippen MR) is 57.2 cm³/mol. The molecule has 1 aromatic rings. The summed E-state index contributed by atoms with van der Waals surface area (Å²) in [6.45, 7) is 0. The van der Waals surface area contributed by atoms with Gasteiger partial charge in [-0.1, -0.05) is 12.1 Å². The summed E-state index contributed by atoms with van der Waals surface area (Å²) in [7, 11) is 0. The van der Waals surface area contributed by atoms with E-state index in [-0.39, 0.29) is 5.56 Å². The average molecular weight is 221 g/mol. The fourth-order valence-electron chi connectivity index (χ4n) is 2.16. The number of fused-ring (bicyclic) bond motifs is 1. The third-order valence-electron chi connectivity index (χ3n) is 3.07. The first-order chi connectivity index (χ1) is 7.63. The molecule has 16 heavy (non-hydrogen) atoms. The molecular weight excluding hydrogens is 208 g/mol. The number of aryl methyl sites for hydroxylation is 2. The summed E-state index contributed by atoms with van der Waals surface area (Å²) in [6.07, 6.45) is 3.33. The van der Waals surface area contributed by atoms with Gasteiger partial charge in [-0.3, -0.25) is 0 Å². The van der Waals surface area contributed by atoms with Gasteiger partial charge >= 0.3 is 0 Å². The summed E-state index contributed by atoms with van der Waals surface area (Å²) < 4.78 is 27.0. The highest BCUT2D eigenvalue weighted by Crippen LogP contribution is 2.33. The van der Waals surface area contributed by atoms with E-state index >= 15 is 0 Å². The van der Waals surface area contributed by atoms with Crippen LogP contribution in [0, 0.1) is 11.3 Å². The Morgan fingerprint density at radius 3 is 2.56 bits per heavy atom. The molecule has 1 aliphatic rings. The first-order valence-electron chi connectivity index (χ1n) is 5.50. The van der Waals surface area contributed by atoms with Gasteiger partial charge in [-0.05, 0) is 42.9 Å². The maximum absolute atomic E-state index is 13.5. The molecule has 0 fully saturated rings. The summed E-state index contributed by atoms with van der Waals surface area (Å²) >= 11 is 0. The zero-order chi connectivity index (χ0) is 11.6. The van der Waals surface area contributed by atoms with Gasteiger partial charge in [-0.15, -0.1) is 0 Å². The number of halogens is 2. The van der Waals surface area contributed by atoms with Crippen LogP contribution in [-0.4, -0.2) is 0 Å². The Balaban J connectivity index is 2.33. The average Bonchev–Trinajstić information content (AvgIpc) is 2.28. The summed E-state index contributed by atoms with van der Waals surface area (Å²) in [5, 5.41) is 8.37. The van der Waals surface area contributed by atoms with E-state index in [2.05, 4.69) is 0 Å². The van der Waals surface area contributed by atoms with Crippen molar-refractivity contribution in [2.45, 2.75) is 38.0 Å². The fourth-order valence-corrected chi connectivity index (χ4v) is 2.16. The molecule has 0 N–H and O–H groups in total. The second-order valence-corrected chi connectivity index (χ2v) is 4.23. The van der Waals surface area contributed by atoms with E-state index in [0.717, 1.165) is 31.2 Å². The molecule has 0 heterocycles. The van der Waals surface area contributed by atoms with Crippen molar-refractivity contribution >= 4 is 0 Å².